The highest BCUT2D eigenvalue weighted by Gasteiger charge is 2.36. The van der Waals surface area contributed by atoms with Gasteiger partial charge in [-0.3, -0.25) is 0 Å². The Morgan fingerprint density at radius 1 is 1.16 bits per heavy atom. The quantitative estimate of drug-likeness (QED) is 0.522. The summed E-state index contributed by atoms with van der Waals surface area (Å²) in [5, 5.41) is 5.96. The highest BCUT2D eigenvalue weighted by molar-refractivity contribution is 6.30. The lowest BCUT2D eigenvalue weighted by Crippen LogP contribution is -2.46. The van der Waals surface area contributed by atoms with Gasteiger partial charge in [-0.05, 0) is 25.0 Å². The average molecular weight is 459 g/mol. The molecular weight excluding hydrogens is 432 g/mol. The molecule has 0 aromatic heterocycles. The van der Waals surface area contributed by atoms with Gasteiger partial charge in [0.05, 0.1) is 25.3 Å². The zero-order chi connectivity index (χ0) is 23.1. The number of amides is 2. The number of carbonyl (C=O) groups is 2. The Balaban J connectivity index is 2.12. The van der Waals surface area contributed by atoms with E-state index >= 15 is 0 Å². The first kappa shape index (κ1) is 23.5. The number of hydrogen-bond donors (Lipinski definition) is 2. The number of hydrogen-bond acceptors (Lipinski definition) is 5. The molecule has 1 heterocycles. The number of carbonyl (C=O) groups excluding carboxylic acids is 2. The molecule has 2 N–H and O–H groups in total. The van der Waals surface area contributed by atoms with E-state index < -0.39 is 18.0 Å². The van der Waals surface area contributed by atoms with Crippen LogP contribution in [0.3, 0.4) is 0 Å². The van der Waals surface area contributed by atoms with Gasteiger partial charge in [0.15, 0.2) is 11.5 Å². The third-order valence-electron chi connectivity index (χ3n) is 4.95. The molecule has 1 atom stereocenters. The molecule has 2 amide bonds. The average Bonchev–Trinajstić information content (AvgIpc) is 2.78. The van der Waals surface area contributed by atoms with E-state index in [1.807, 2.05) is 37.3 Å². The van der Waals surface area contributed by atoms with Gasteiger partial charge in [-0.2, -0.15) is 0 Å². The molecule has 7 nitrogen and oxygen atoms in total. The van der Waals surface area contributed by atoms with E-state index in [0.717, 1.165) is 12.0 Å². The number of ether oxygens (including phenoxy) is 3. The molecule has 0 aliphatic carbocycles. The lowest BCUT2D eigenvalue weighted by Gasteiger charge is -2.31. The summed E-state index contributed by atoms with van der Waals surface area (Å²) in [6, 6.07) is 11.7. The van der Waals surface area contributed by atoms with Crippen LogP contribution in [0, 0.1) is 0 Å². The van der Waals surface area contributed by atoms with Gasteiger partial charge < -0.3 is 24.8 Å². The van der Waals surface area contributed by atoms with Crippen molar-refractivity contribution in [3.63, 3.8) is 0 Å². The molecule has 170 valence electrons. The van der Waals surface area contributed by atoms with E-state index in [2.05, 4.69) is 10.6 Å². The highest BCUT2D eigenvalue weighted by Crippen LogP contribution is 2.42. The van der Waals surface area contributed by atoms with Crippen LogP contribution in [0.2, 0.25) is 5.02 Å². The summed E-state index contributed by atoms with van der Waals surface area (Å²) in [5.41, 5.74) is 2.31. The number of esters is 1. The van der Waals surface area contributed by atoms with Crippen LogP contribution in [0.15, 0.2) is 53.7 Å². The van der Waals surface area contributed by atoms with Gasteiger partial charge in [0.25, 0.3) is 0 Å². The van der Waals surface area contributed by atoms with Crippen LogP contribution in [-0.4, -0.2) is 25.7 Å². The lowest BCUT2D eigenvalue weighted by atomic mass is 9.92. The van der Waals surface area contributed by atoms with Gasteiger partial charge in [0.2, 0.25) is 0 Å². The molecule has 0 spiro atoms. The van der Waals surface area contributed by atoms with Crippen molar-refractivity contribution in [3.8, 4) is 11.5 Å². The molecule has 2 aromatic rings. The summed E-state index contributed by atoms with van der Waals surface area (Å²) in [6.45, 7) is 4.18. The van der Waals surface area contributed by atoms with Crippen molar-refractivity contribution in [1.82, 2.24) is 10.6 Å². The van der Waals surface area contributed by atoms with Crippen molar-refractivity contribution in [3.05, 3.63) is 69.9 Å². The molecule has 0 radical (unpaired) electrons. The van der Waals surface area contributed by atoms with E-state index in [0.29, 0.717) is 39.8 Å². The maximum Gasteiger partial charge on any atom is 0.338 e. The Bertz CT molecular complexity index is 1010. The minimum absolute atomic E-state index is 0.207. The van der Waals surface area contributed by atoms with Crippen LogP contribution in [0.4, 0.5) is 4.79 Å². The van der Waals surface area contributed by atoms with Crippen LogP contribution in [-0.2, 0) is 16.1 Å². The van der Waals surface area contributed by atoms with E-state index in [1.165, 1.54) is 7.11 Å². The molecule has 0 fully saturated rings. The summed E-state index contributed by atoms with van der Waals surface area (Å²) in [5.74, 6) is 0.281. The van der Waals surface area contributed by atoms with Crippen molar-refractivity contribution in [2.45, 2.75) is 39.3 Å². The van der Waals surface area contributed by atoms with Crippen LogP contribution in [0.25, 0.3) is 0 Å². The summed E-state index contributed by atoms with van der Waals surface area (Å²) < 4.78 is 17.0. The van der Waals surface area contributed by atoms with Gasteiger partial charge >= 0.3 is 12.0 Å². The monoisotopic (exact) mass is 458 g/mol. The predicted molar refractivity (Wildman–Crippen MR) is 122 cm³/mol. The molecule has 8 heteroatoms. The van der Waals surface area contributed by atoms with Crippen molar-refractivity contribution in [2.24, 2.45) is 0 Å². The van der Waals surface area contributed by atoms with Crippen LogP contribution >= 0.6 is 11.6 Å². The molecule has 0 saturated carbocycles. The lowest BCUT2D eigenvalue weighted by molar-refractivity contribution is -0.139. The fourth-order valence-corrected chi connectivity index (χ4v) is 3.80. The highest BCUT2D eigenvalue weighted by atomic mass is 35.5. The van der Waals surface area contributed by atoms with E-state index in [9.17, 15) is 9.59 Å². The van der Waals surface area contributed by atoms with Crippen molar-refractivity contribution >= 4 is 23.6 Å². The van der Waals surface area contributed by atoms with E-state index in [-0.39, 0.29) is 13.2 Å². The van der Waals surface area contributed by atoms with Crippen molar-refractivity contribution in [1.29, 1.82) is 0 Å². The maximum atomic E-state index is 12.9. The Morgan fingerprint density at radius 3 is 2.56 bits per heavy atom. The molecule has 0 saturated heterocycles. The molecule has 0 bridgehead atoms. The Labute approximate surface area is 192 Å². The van der Waals surface area contributed by atoms with Gasteiger partial charge in [0.1, 0.15) is 6.61 Å². The number of nitrogens with one attached hydrogen (secondary N) is 2. The normalized spacial score (nSPS) is 15.6. The van der Waals surface area contributed by atoms with Crippen LogP contribution in [0.1, 0.15) is 43.9 Å². The zero-order valence-electron chi connectivity index (χ0n) is 18.4. The number of halogens is 1. The second-order valence-electron chi connectivity index (χ2n) is 7.19. The van der Waals surface area contributed by atoms with Crippen molar-refractivity contribution in [2.75, 3.05) is 13.7 Å². The number of benzene rings is 2. The molecule has 0 unspecified atom stereocenters. The molecular formula is C24H27ClN2O5. The minimum Gasteiger partial charge on any atom is -0.493 e. The van der Waals surface area contributed by atoms with Gasteiger partial charge in [-0.15, -0.1) is 0 Å². The topological polar surface area (TPSA) is 85.9 Å². The van der Waals surface area contributed by atoms with Gasteiger partial charge in [0, 0.05) is 22.3 Å². The zero-order valence-corrected chi connectivity index (χ0v) is 19.1. The summed E-state index contributed by atoms with van der Waals surface area (Å²) in [6.07, 6.45) is 1.25. The molecule has 1 aliphatic rings. The van der Waals surface area contributed by atoms with Gasteiger partial charge in [-0.1, -0.05) is 55.3 Å². The molecule has 32 heavy (non-hydrogen) atoms. The minimum atomic E-state index is -0.817. The van der Waals surface area contributed by atoms with Crippen LogP contribution in [0.5, 0.6) is 11.5 Å². The van der Waals surface area contributed by atoms with Gasteiger partial charge in [-0.25, -0.2) is 9.59 Å². The Hall–Kier alpha value is -3.19. The van der Waals surface area contributed by atoms with E-state index in [4.69, 9.17) is 25.8 Å². The molecule has 3 rings (SSSR count). The fourth-order valence-electron chi connectivity index (χ4n) is 3.59. The van der Waals surface area contributed by atoms with E-state index in [1.54, 1.807) is 19.1 Å². The fraction of sp³-hybridized carbons (Fsp3) is 0.333. The number of allylic oxidation sites excluding steroid dienone is 1. The largest absolute Gasteiger partial charge is 0.493 e. The third-order valence-corrected chi connectivity index (χ3v) is 5.17. The Kier molecular flexibility index (Phi) is 8.00. The first-order valence-electron chi connectivity index (χ1n) is 10.5. The second-order valence-corrected chi connectivity index (χ2v) is 7.63. The summed E-state index contributed by atoms with van der Waals surface area (Å²) in [7, 11) is 1.51. The number of methoxy groups -OCH3 is 1. The number of urea groups is 1. The number of rotatable bonds is 9. The third kappa shape index (κ3) is 5.34. The predicted octanol–water partition coefficient (Wildman–Crippen LogP) is 4.90. The standard InChI is InChI=1S/C24H27ClN2O5/c1-4-9-18-20(23(28)31-5-2)21(27-24(29)26-18)17-12-16(25)13-19(30-3)22(17)32-14-15-10-7-6-8-11-15/h6-8,10-13,21H,4-5,9,14H2,1-3H3,(H2,26,27,29)/t21-/m0/s1. The smallest absolute Gasteiger partial charge is 0.338 e. The maximum absolute atomic E-state index is 12.9. The summed E-state index contributed by atoms with van der Waals surface area (Å²) >= 11 is 6.36. The summed E-state index contributed by atoms with van der Waals surface area (Å²) in [4.78, 5) is 25.4. The van der Waals surface area contributed by atoms with Crippen LogP contribution < -0.4 is 20.1 Å². The second kappa shape index (κ2) is 10.9. The first-order chi connectivity index (χ1) is 15.5. The molecule has 1 aliphatic heterocycles. The molecule has 2 aromatic carbocycles. The Morgan fingerprint density at radius 2 is 1.91 bits per heavy atom. The van der Waals surface area contributed by atoms with Crippen molar-refractivity contribution < 1.29 is 23.8 Å². The first-order valence-corrected chi connectivity index (χ1v) is 10.9. The SMILES string of the molecule is CCCC1=C(C(=O)OCC)[C@H](c2cc(Cl)cc(OC)c2OCc2ccccc2)NC(=O)N1.